The van der Waals surface area contributed by atoms with Crippen molar-refractivity contribution in [3.8, 4) is 11.4 Å². The quantitative estimate of drug-likeness (QED) is 0.721. The molecule has 0 unspecified atom stereocenters. The molecule has 2 aromatic carbocycles. The van der Waals surface area contributed by atoms with E-state index in [-0.39, 0.29) is 18.2 Å². The summed E-state index contributed by atoms with van der Waals surface area (Å²) in [6, 6.07) is 16.8. The number of rotatable bonds is 5. The van der Waals surface area contributed by atoms with Crippen molar-refractivity contribution >= 4 is 23.2 Å². The number of benzene rings is 2. The molecule has 29 heavy (non-hydrogen) atoms. The lowest BCUT2D eigenvalue weighted by molar-refractivity contribution is -0.122. The number of anilines is 2. The molecule has 3 aromatic rings. The lowest BCUT2D eigenvalue weighted by atomic mass is 10.1. The van der Waals surface area contributed by atoms with E-state index >= 15 is 0 Å². The summed E-state index contributed by atoms with van der Waals surface area (Å²) >= 11 is 0. The first-order valence-corrected chi connectivity index (χ1v) is 9.78. The lowest BCUT2D eigenvalue weighted by Crippen LogP contribution is -2.28. The molecule has 2 aliphatic rings. The summed E-state index contributed by atoms with van der Waals surface area (Å²) in [4.78, 5) is 31.2. The molecule has 1 atom stereocenters. The van der Waals surface area contributed by atoms with Gasteiger partial charge in [-0.25, -0.2) is 0 Å². The van der Waals surface area contributed by atoms with E-state index in [0.29, 0.717) is 29.9 Å². The van der Waals surface area contributed by atoms with Gasteiger partial charge in [0.1, 0.15) is 0 Å². The van der Waals surface area contributed by atoms with Crippen LogP contribution in [0.15, 0.2) is 59.1 Å². The molecule has 1 aliphatic heterocycles. The maximum absolute atomic E-state index is 12.7. The van der Waals surface area contributed by atoms with Crippen molar-refractivity contribution in [1.29, 1.82) is 0 Å². The number of nitrogens with one attached hydrogen (secondary N) is 1. The molecule has 1 aromatic heterocycles. The molecule has 0 radical (unpaired) electrons. The Morgan fingerprint density at radius 1 is 1.10 bits per heavy atom. The number of hydrogen-bond donors (Lipinski definition) is 1. The summed E-state index contributed by atoms with van der Waals surface area (Å²) < 4.78 is 5.32. The molecule has 2 heterocycles. The molecule has 1 saturated heterocycles. The van der Waals surface area contributed by atoms with Gasteiger partial charge in [-0.1, -0.05) is 35.5 Å². The predicted octanol–water partition coefficient (Wildman–Crippen LogP) is 3.61. The molecule has 7 nitrogen and oxygen atoms in total. The zero-order chi connectivity index (χ0) is 19.8. The van der Waals surface area contributed by atoms with Crippen molar-refractivity contribution in [2.45, 2.75) is 25.2 Å². The highest BCUT2D eigenvalue weighted by Gasteiger charge is 2.35. The summed E-state index contributed by atoms with van der Waals surface area (Å²) in [6.45, 7) is 0.379. The largest absolute Gasteiger partial charge is 0.339 e. The second-order valence-corrected chi connectivity index (χ2v) is 7.54. The van der Waals surface area contributed by atoms with Crippen molar-refractivity contribution in [2.75, 3.05) is 16.8 Å². The molecule has 7 heteroatoms. The molecule has 5 rings (SSSR count). The van der Waals surface area contributed by atoms with Crippen molar-refractivity contribution < 1.29 is 14.1 Å². The fraction of sp³-hybridized carbons (Fsp3) is 0.273. The smallest absolute Gasteiger partial charge is 0.230 e. The van der Waals surface area contributed by atoms with Crippen molar-refractivity contribution in [1.82, 2.24) is 10.1 Å². The van der Waals surface area contributed by atoms with Gasteiger partial charge in [0.2, 0.25) is 23.5 Å². The molecule has 1 N–H and O–H groups in total. The average molecular weight is 388 g/mol. The molecule has 2 fully saturated rings. The number of hydrogen-bond acceptors (Lipinski definition) is 5. The van der Waals surface area contributed by atoms with Crippen LogP contribution in [0.5, 0.6) is 0 Å². The predicted molar refractivity (Wildman–Crippen MR) is 107 cm³/mol. The fourth-order valence-corrected chi connectivity index (χ4v) is 3.57. The standard InChI is InChI=1S/C22H20N4O3/c27-19-12-16(13-26(19)18-7-2-1-3-8-18)21(28)23-17-6-4-5-15(11-17)20-24-22(29-25-20)14-9-10-14/h1-8,11,14,16H,9-10,12-13H2,(H,23,28)/t16-/m1/s1. The van der Waals surface area contributed by atoms with E-state index in [1.807, 2.05) is 54.6 Å². The summed E-state index contributed by atoms with van der Waals surface area (Å²) in [6.07, 6.45) is 2.39. The van der Waals surface area contributed by atoms with Crippen LogP contribution in [-0.2, 0) is 9.59 Å². The summed E-state index contributed by atoms with van der Waals surface area (Å²) in [5.41, 5.74) is 2.25. The van der Waals surface area contributed by atoms with Crippen LogP contribution in [-0.4, -0.2) is 28.5 Å². The van der Waals surface area contributed by atoms with Gasteiger partial charge in [0.15, 0.2) is 0 Å². The first-order valence-electron chi connectivity index (χ1n) is 9.78. The minimum Gasteiger partial charge on any atom is -0.339 e. The van der Waals surface area contributed by atoms with Gasteiger partial charge < -0.3 is 14.7 Å². The second-order valence-electron chi connectivity index (χ2n) is 7.54. The Balaban J connectivity index is 1.28. The number of nitrogens with zero attached hydrogens (tertiary/aromatic N) is 3. The third-order valence-corrected chi connectivity index (χ3v) is 5.32. The van der Waals surface area contributed by atoms with E-state index in [1.54, 1.807) is 4.90 Å². The third kappa shape index (κ3) is 3.63. The third-order valence-electron chi connectivity index (χ3n) is 5.32. The first kappa shape index (κ1) is 17.6. The molecular formula is C22H20N4O3. The van der Waals surface area contributed by atoms with Gasteiger partial charge in [-0.3, -0.25) is 9.59 Å². The highest BCUT2D eigenvalue weighted by Crippen LogP contribution is 2.39. The van der Waals surface area contributed by atoms with Crippen LogP contribution >= 0.6 is 0 Å². The van der Waals surface area contributed by atoms with E-state index in [0.717, 1.165) is 24.1 Å². The number of amides is 2. The topological polar surface area (TPSA) is 88.3 Å². The molecule has 0 spiro atoms. The molecule has 1 saturated carbocycles. The Hall–Kier alpha value is -3.48. The van der Waals surface area contributed by atoms with Crippen LogP contribution < -0.4 is 10.2 Å². The van der Waals surface area contributed by atoms with Gasteiger partial charge >= 0.3 is 0 Å². The highest BCUT2D eigenvalue weighted by atomic mass is 16.5. The zero-order valence-electron chi connectivity index (χ0n) is 15.7. The SMILES string of the molecule is O=C(Nc1cccc(-c2noc(C3CC3)n2)c1)[C@@H]1CC(=O)N(c2ccccc2)C1. The first-order chi connectivity index (χ1) is 14.2. The number of carbonyl (C=O) groups excluding carboxylic acids is 2. The number of para-hydroxylation sites is 1. The Labute approximate surface area is 167 Å². The van der Waals surface area contributed by atoms with Gasteiger partial charge in [0.25, 0.3) is 0 Å². The second kappa shape index (κ2) is 7.16. The monoisotopic (exact) mass is 388 g/mol. The van der Waals surface area contributed by atoms with Crippen LogP contribution in [0.25, 0.3) is 11.4 Å². The van der Waals surface area contributed by atoms with Crippen molar-refractivity contribution in [3.05, 3.63) is 60.5 Å². The Morgan fingerprint density at radius 2 is 1.93 bits per heavy atom. The Bertz CT molecular complexity index is 1060. The molecule has 0 bridgehead atoms. The van der Waals surface area contributed by atoms with Crippen LogP contribution in [0, 0.1) is 5.92 Å². The molecule has 1 aliphatic carbocycles. The van der Waals surface area contributed by atoms with E-state index in [4.69, 9.17) is 4.52 Å². The summed E-state index contributed by atoms with van der Waals surface area (Å²) in [5.74, 6) is 1.00. The summed E-state index contributed by atoms with van der Waals surface area (Å²) in [7, 11) is 0. The fourth-order valence-electron chi connectivity index (χ4n) is 3.57. The van der Waals surface area contributed by atoms with Crippen LogP contribution in [0.1, 0.15) is 31.1 Å². The van der Waals surface area contributed by atoms with Gasteiger partial charge in [0.05, 0.1) is 5.92 Å². The van der Waals surface area contributed by atoms with Crippen molar-refractivity contribution in [3.63, 3.8) is 0 Å². The lowest BCUT2D eigenvalue weighted by Gasteiger charge is -2.16. The molecule has 146 valence electrons. The van der Waals surface area contributed by atoms with Gasteiger partial charge in [-0.15, -0.1) is 0 Å². The number of carbonyl (C=O) groups is 2. The van der Waals surface area contributed by atoms with Crippen LogP contribution in [0.3, 0.4) is 0 Å². The maximum atomic E-state index is 12.7. The average Bonchev–Trinajstić information content (AvgIpc) is 3.33. The van der Waals surface area contributed by atoms with Crippen LogP contribution in [0.2, 0.25) is 0 Å². The van der Waals surface area contributed by atoms with Gasteiger partial charge in [0, 0.05) is 35.8 Å². The Kier molecular flexibility index (Phi) is 4.35. The zero-order valence-corrected chi connectivity index (χ0v) is 15.7. The minimum absolute atomic E-state index is 0.0375. The maximum Gasteiger partial charge on any atom is 0.230 e. The molecular weight excluding hydrogens is 368 g/mol. The number of aromatic nitrogens is 2. The summed E-state index contributed by atoms with van der Waals surface area (Å²) in [5, 5.41) is 6.97. The highest BCUT2D eigenvalue weighted by molar-refractivity contribution is 6.03. The van der Waals surface area contributed by atoms with Gasteiger partial charge in [-0.05, 0) is 37.1 Å². The Morgan fingerprint density at radius 3 is 2.72 bits per heavy atom. The van der Waals surface area contributed by atoms with E-state index in [2.05, 4.69) is 15.5 Å². The van der Waals surface area contributed by atoms with E-state index in [1.165, 1.54) is 0 Å². The van der Waals surface area contributed by atoms with Crippen LogP contribution in [0.4, 0.5) is 11.4 Å². The van der Waals surface area contributed by atoms with E-state index in [9.17, 15) is 9.59 Å². The van der Waals surface area contributed by atoms with E-state index < -0.39 is 5.92 Å². The molecule has 2 amide bonds. The normalized spacial score (nSPS) is 18.8. The minimum atomic E-state index is -0.391. The van der Waals surface area contributed by atoms with Crippen molar-refractivity contribution in [2.24, 2.45) is 5.92 Å². The van der Waals surface area contributed by atoms with Gasteiger partial charge in [-0.2, -0.15) is 4.98 Å².